The summed E-state index contributed by atoms with van der Waals surface area (Å²) in [6, 6.07) is 7.84. The number of hydrogen-bond donors (Lipinski definition) is 1. The highest BCUT2D eigenvalue weighted by molar-refractivity contribution is 6.31. The molecule has 3 aromatic heterocycles. The molecule has 5 aromatic rings. The molecule has 0 saturated heterocycles. The van der Waals surface area contributed by atoms with Crippen molar-refractivity contribution in [2.45, 2.75) is 13.5 Å². The fraction of sp³-hybridized carbons (Fsp3) is 0.208. The fourth-order valence-electron chi connectivity index (χ4n) is 4.26. The molecule has 0 spiro atoms. The Morgan fingerprint density at radius 1 is 1.11 bits per heavy atom. The molecule has 10 nitrogen and oxygen atoms in total. The maximum atomic E-state index is 15.3. The Morgan fingerprint density at radius 2 is 1.86 bits per heavy atom. The molecule has 0 radical (unpaired) electrons. The van der Waals surface area contributed by atoms with Crippen LogP contribution in [0.4, 0.5) is 10.2 Å². The summed E-state index contributed by atoms with van der Waals surface area (Å²) in [7, 11) is 4.96. The summed E-state index contributed by atoms with van der Waals surface area (Å²) in [5.41, 5.74) is 8.13. The first-order chi connectivity index (χ1) is 17.1. The number of nitrogens with two attached hydrogens (primary N) is 1. The SMILES string of the molecule is CC(=O)N(C)N(Cc1nc2cc(Cl)ccc2n1C)C(=O)c1cc2c(cc1F)nc(N)c1cnn(C)c12. The molecule has 184 valence electrons. The van der Waals surface area contributed by atoms with Crippen LogP contribution in [-0.4, -0.2) is 53.2 Å². The van der Waals surface area contributed by atoms with E-state index in [4.69, 9.17) is 17.3 Å². The van der Waals surface area contributed by atoms with Crippen LogP contribution < -0.4 is 5.73 Å². The normalized spacial score (nSPS) is 11.5. The van der Waals surface area contributed by atoms with Crippen molar-refractivity contribution in [1.29, 1.82) is 0 Å². The molecular formula is C24H22ClFN8O2. The summed E-state index contributed by atoms with van der Waals surface area (Å²) in [6.45, 7) is 1.23. The van der Waals surface area contributed by atoms with E-state index in [1.54, 1.807) is 41.7 Å². The van der Waals surface area contributed by atoms with Crippen LogP contribution in [-0.2, 0) is 25.4 Å². The van der Waals surface area contributed by atoms with Gasteiger partial charge in [0, 0.05) is 44.5 Å². The van der Waals surface area contributed by atoms with E-state index < -0.39 is 17.6 Å². The molecule has 0 aliphatic carbocycles. The number of nitrogens with zero attached hydrogens (tertiary/aromatic N) is 7. The maximum Gasteiger partial charge on any atom is 0.275 e. The number of hydrazine groups is 1. The van der Waals surface area contributed by atoms with Crippen LogP contribution in [0, 0.1) is 5.82 Å². The van der Waals surface area contributed by atoms with Gasteiger partial charge in [-0.15, -0.1) is 0 Å². The third-order valence-corrected chi connectivity index (χ3v) is 6.54. The van der Waals surface area contributed by atoms with Crippen LogP contribution in [0.3, 0.4) is 0 Å². The second-order valence-corrected chi connectivity index (χ2v) is 8.94. The molecule has 0 aliphatic heterocycles. The molecule has 0 atom stereocenters. The largest absolute Gasteiger partial charge is 0.383 e. The minimum absolute atomic E-state index is 0.0870. The average molecular weight is 509 g/mol. The molecule has 0 fully saturated rings. The van der Waals surface area contributed by atoms with Crippen LogP contribution in [0.1, 0.15) is 23.1 Å². The van der Waals surface area contributed by atoms with Crippen molar-refractivity contribution in [2.24, 2.45) is 14.1 Å². The molecule has 2 amide bonds. The van der Waals surface area contributed by atoms with Gasteiger partial charge in [-0.1, -0.05) is 11.6 Å². The maximum absolute atomic E-state index is 15.3. The van der Waals surface area contributed by atoms with E-state index in [1.807, 2.05) is 6.07 Å². The van der Waals surface area contributed by atoms with Gasteiger partial charge in [0.15, 0.2) is 0 Å². The van der Waals surface area contributed by atoms with Crippen molar-refractivity contribution in [1.82, 2.24) is 34.3 Å². The zero-order valence-corrected chi connectivity index (χ0v) is 20.7. The minimum atomic E-state index is -0.792. The number of nitrogen functional groups attached to an aromatic ring is 1. The van der Waals surface area contributed by atoms with Crippen molar-refractivity contribution < 1.29 is 14.0 Å². The third kappa shape index (κ3) is 3.68. The van der Waals surface area contributed by atoms with E-state index in [2.05, 4.69) is 15.1 Å². The lowest BCUT2D eigenvalue weighted by Gasteiger charge is -2.31. The van der Waals surface area contributed by atoms with Gasteiger partial charge < -0.3 is 10.3 Å². The molecular weight excluding hydrogens is 487 g/mol. The number of carbonyl (C=O) groups is 2. The number of amides is 2. The van der Waals surface area contributed by atoms with Gasteiger partial charge in [0.2, 0.25) is 5.91 Å². The van der Waals surface area contributed by atoms with Crippen molar-refractivity contribution >= 4 is 62.1 Å². The van der Waals surface area contributed by atoms with E-state index in [-0.39, 0.29) is 23.4 Å². The first kappa shape index (κ1) is 23.5. The van der Waals surface area contributed by atoms with Crippen LogP contribution in [0.5, 0.6) is 0 Å². The number of carbonyl (C=O) groups excluding carboxylic acids is 2. The zero-order valence-electron chi connectivity index (χ0n) is 20.0. The van der Waals surface area contributed by atoms with Crippen LogP contribution in [0.15, 0.2) is 36.5 Å². The number of aromatic nitrogens is 5. The predicted octanol–water partition coefficient (Wildman–Crippen LogP) is 3.42. The Balaban J connectivity index is 1.64. The molecule has 36 heavy (non-hydrogen) atoms. The van der Waals surface area contributed by atoms with Gasteiger partial charge >= 0.3 is 0 Å². The number of hydrogen-bond acceptors (Lipinski definition) is 6. The van der Waals surface area contributed by atoms with E-state index in [9.17, 15) is 9.59 Å². The first-order valence-corrected chi connectivity index (χ1v) is 11.3. The Kier molecular flexibility index (Phi) is 5.51. The van der Waals surface area contributed by atoms with Crippen LogP contribution >= 0.6 is 11.6 Å². The summed E-state index contributed by atoms with van der Waals surface area (Å²) in [5, 5.41) is 8.13. The highest BCUT2D eigenvalue weighted by atomic mass is 35.5. The Morgan fingerprint density at radius 3 is 2.58 bits per heavy atom. The van der Waals surface area contributed by atoms with Gasteiger partial charge in [0.25, 0.3) is 5.91 Å². The number of fused-ring (bicyclic) bond motifs is 4. The summed E-state index contributed by atoms with van der Waals surface area (Å²) in [6.07, 6.45) is 1.57. The van der Waals surface area contributed by atoms with Crippen molar-refractivity contribution in [2.75, 3.05) is 12.8 Å². The lowest BCUT2D eigenvalue weighted by molar-refractivity contribution is -0.140. The lowest BCUT2D eigenvalue weighted by Crippen LogP contribution is -2.46. The molecule has 2 N–H and O–H groups in total. The van der Waals surface area contributed by atoms with Gasteiger partial charge in [-0.2, -0.15) is 5.10 Å². The molecule has 2 aromatic carbocycles. The highest BCUT2D eigenvalue weighted by Gasteiger charge is 2.28. The second kappa shape index (κ2) is 8.45. The Hall–Kier alpha value is -4.25. The molecule has 3 heterocycles. The molecule has 12 heteroatoms. The summed E-state index contributed by atoms with van der Waals surface area (Å²) in [5.74, 6) is -1.22. The van der Waals surface area contributed by atoms with Gasteiger partial charge in [0.05, 0.1) is 39.2 Å². The lowest BCUT2D eigenvalue weighted by atomic mass is 10.1. The smallest absolute Gasteiger partial charge is 0.275 e. The standard InChI is InChI=1S/C24H22ClFN8O2/c1-12(35)33(4)34(11-21-29-19-7-13(25)5-6-20(19)31(21)2)24(36)14-8-15-18(9-17(14)26)30-23(27)16-10-28-32(3)22(15)16/h5-10H,11H2,1-4H3,(H2,27,30). The van der Waals surface area contributed by atoms with Crippen LogP contribution in [0.25, 0.3) is 32.8 Å². The number of aryl methyl sites for hydroxylation is 2. The molecule has 0 unspecified atom stereocenters. The van der Waals surface area contributed by atoms with Crippen LogP contribution in [0.2, 0.25) is 5.02 Å². The van der Waals surface area contributed by atoms with Crippen molar-refractivity contribution in [3.05, 3.63) is 58.8 Å². The number of pyridine rings is 1. The van der Waals surface area contributed by atoms with E-state index in [1.165, 1.54) is 20.0 Å². The Bertz CT molecular complexity index is 1710. The Labute approximate surface area is 209 Å². The first-order valence-electron chi connectivity index (χ1n) is 10.9. The van der Waals surface area contributed by atoms with Gasteiger partial charge in [-0.05, 0) is 24.3 Å². The number of rotatable bonds is 3. The highest BCUT2D eigenvalue weighted by Crippen LogP contribution is 2.30. The van der Waals surface area contributed by atoms with E-state index in [0.29, 0.717) is 32.7 Å². The number of anilines is 1. The third-order valence-electron chi connectivity index (χ3n) is 6.31. The van der Waals surface area contributed by atoms with Crippen molar-refractivity contribution in [3.63, 3.8) is 0 Å². The number of halogens is 2. The average Bonchev–Trinajstić information content (AvgIpc) is 3.36. The summed E-state index contributed by atoms with van der Waals surface area (Å²) < 4.78 is 18.7. The summed E-state index contributed by atoms with van der Waals surface area (Å²) in [4.78, 5) is 34.9. The van der Waals surface area contributed by atoms with Gasteiger partial charge in [0.1, 0.15) is 24.0 Å². The molecule has 0 aliphatic rings. The summed E-state index contributed by atoms with van der Waals surface area (Å²) >= 11 is 6.10. The number of imidazole rings is 1. The second-order valence-electron chi connectivity index (χ2n) is 8.50. The van der Waals surface area contributed by atoms with Crippen molar-refractivity contribution in [3.8, 4) is 0 Å². The molecule has 0 bridgehead atoms. The van der Waals surface area contributed by atoms with E-state index >= 15 is 4.39 Å². The zero-order chi connectivity index (χ0) is 25.9. The topological polar surface area (TPSA) is 115 Å². The predicted molar refractivity (Wildman–Crippen MR) is 134 cm³/mol. The quantitative estimate of drug-likeness (QED) is 0.373. The van der Waals surface area contributed by atoms with Gasteiger partial charge in [-0.3, -0.25) is 19.3 Å². The fourth-order valence-corrected chi connectivity index (χ4v) is 4.43. The monoisotopic (exact) mass is 508 g/mol. The minimum Gasteiger partial charge on any atom is -0.383 e. The van der Waals surface area contributed by atoms with Gasteiger partial charge in [-0.25, -0.2) is 19.4 Å². The van der Waals surface area contributed by atoms with E-state index in [0.717, 1.165) is 21.6 Å². The number of benzene rings is 2. The molecule has 0 saturated carbocycles. The molecule has 5 rings (SSSR count).